The molecule has 0 saturated carbocycles. The summed E-state index contributed by atoms with van der Waals surface area (Å²) in [5.74, 6) is 4.96. The quantitative estimate of drug-likeness (QED) is 0.214. The fourth-order valence-electron chi connectivity index (χ4n) is 3.19. The van der Waals surface area contributed by atoms with Gasteiger partial charge in [0, 0.05) is 28.4 Å². The van der Waals surface area contributed by atoms with E-state index in [9.17, 15) is 22.8 Å². The van der Waals surface area contributed by atoms with Crippen molar-refractivity contribution in [3.8, 4) is 0 Å². The average molecular weight is 477 g/mol. The Morgan fingerprint density at radius 1 is 1.00 bits per heavy atom. The fourth-order valence-corrected chi connectivity index (χ4v) is 3.32. The average Bonchev–Trinajstić information content (AvgIpc) is 2.79. The molecular formula is C23H20ClF3N4O2. The van der Waals surface area contributed by atoms with Gasteiger partial charge in [-0.3, -0.25) is 10.2 Å². The minimum atomic E-state index is -4.38. The van der Waals surface area contributed by atoms with Crippen molar-refractivity contribution in [1.29, 1.82) is 0 Å². The third-order valence-electron chi connectivity index (χ3n) is 4.82. The molecule has 0 aromatic heterocycles. The van der Waals surface area contributed by atoms with Gasteiger partial charge in [-0.05, 0) is 54.1 Å². The van der Waals surface area contributed by atoms with Gasteiger partial charge in [0.1, 0.15) is 0 Å². The van der Waals surface area contributed by atoms with Crippen LogP contribution in [0.25, 0.3) is 0 Å². The molecule has 3 aromatic carbocycles. The summed E-state index contributed by atoms with van der Waals surface area (Å²) in [5, 5.41) is 6.34. The second kappa shape index (κ2) is 10.4. The number of halogens is 4. The van der Waals surface area contributed by atoms with Crippen molar-refractivity contribution >= 4 is 34.8 Å². The van der Waals surface area contributed by atoms with Crippen LogP contribution in [0.15, 0.2) is 72.8 Å². The maximum absolute atomic E-state index is 12.1. The van der Waals surface area contributed by atoms with Crippen LogP contribution in [-0.4, -0.2) is 11.8 Å². The van der Waals surface area contributed by atoms with Crippen LogP contribution in [0, 0.1) is 0 Å². The van der Waals surface area contributed by atoms with Gasteiger partial charge < -0.3 is 10.6 Å². The second-order valence-electron chi connectivity index (χ2n) is 7.09. The lowest BCUT2D eigenvalue weighted by molar-refractivity contribution is -0.137. The zero-order valence-corrected chi connectivity index (χ0v) is 17.9. The summed E-state index contributed by atoms with van der Waals surface area (Å²) in [6, 6.07) is 18.6. The molecule has 0 radical (unpaired) electrons. The number of carbonyl (C=O) groups excluding carboxylic acids is 2. The number of Topliss-reactive ketones (excluding diaryl/α,β-unsaturated/α-hetero) is 1. The van der Waals surface area contributed by atoms with Gasteiger partial charge in [0.2, 0.25) is 0 Å². The molecule has 0 saturated heterocycles. The van der Waals surface area contributed by atoms with E-state index in [0.29, 0.717) is 11.4 Å². The maximum Gasteiger partial charge on any atom is 0.416 e. The number of rotatable bonds is 2. The summed E-state index contributed by atoms with van der Waals surface area (Å²) in [5.41, 5.74) is 4.01. The number of para-hydroxylation sites is 1. The number of hydrogen-bond acceptors (Lipinski definition) is 4. The Kier molecular flexibility index (Phi) is 7.57. The van der Waals surface area contributed by atoms with Crippen LogP contribution < -0.4 is 21.9 Å². The van der Waals surface area contributed by atoms with Crippen LogP contribution in [0.5, 0.6) is 0 Å². The predicted octanol–water partition coefficient (Wildman–Crippen LogP) is 5.78. The van der Waals surface area contributed by atoms with E-state index < -0.39 is 17.8 Å². The zero-order valence-electron chi connectivity index (χ0n) is 17.1. The third-order valence-corrected chi connectivity index (χ3v) is 5.07. The van der Waals surface area contributed by atoms with Gasteiger partial charge in [-0.2, -0.15) is 13.2 Å². The molecule has 1 aliphatic rings. The first kappa shape index (κ1) is 24.1. The first-order valence-corrected chi connectivity index (χ1v) is 10.1. The molecule has 0 aliphatic carbocycles. The van der Waals surface area contributed by atoms with Gasteiger partial charge in [-0.15, -0.1) is 0 Å². The number of amides is 2. The molecule has 33 heavy (non-hydrogen) atoms. The molecule has 0 bridgehead atoms. The van der Waals surface area contributed by atoms with Gasteiger partial charge in [0.25, 0.3) is 0 Å². The molecule has 6 nitrogen and oxygen atoms in total. The molecule has 1 aliphatic heterocycles. The Labute approximate surface area is 192 Å². The molecule has 1 unspecified atom stereocenters. The Bertz CT molecular complexity index is 1120. The first-order valence-electron chi connectivity index (χ1n) is 9.76. The third kappa shape index (κ3) is 6.47. The minimum absolute atomic E-state index is 0.0321. The summed E-state index contributed by atoms with van der Waals surface area (Å²) < 4.78 is 36.4. The molecule has 0 spiro atoms. The van der Waals surface area contributed by atoms with Gasteiger partial charge in [-0.25, -0.2) is 10.6 Å². The maximum atomic E-state index is 12.1. The summed E-state index contributed by atoms with van der Waals surface area (Å²) in [7, 11) is 0. The Morgan fingerprint density at radius 3 is 2.24 bits per heavy atom. The highest BCUT2D eigenvalue weighted by Gasteiger charge is 2.30. The molecule has 1 atom stereocenters. The minimum Gasteiger partial charge on any atom is -0.377 e. The normalized spacial score (nSPS) is 14.8. The highest BCUT2D eigenvalue weighted by atomic mass is 35.5. The van der Waals surface area contributed by atoms with E-state index in [1.807, 2.05) is 48.5 Å². The summed E-state index contributed by atoms with van der Waals surface area (Å²) in [6.07, 6.45) is -3.90. The fraction of sp³-hybridized carbons (Fsp3) is 0.130. The lowest BCUT2D eigenvalue weighted by atomic mass is 9.92. The number of anilines is 2. The van der Waals surface area contributed by atoms with Gasteiger partial charge in [0.15, 0.2) is 5.78 Å². The topological polar surface area (TPSA) is 96.2 Å². The predicted molar refractivity (Wildman–Crippen MR) is 121 cm³/mol. The molecule has 172 valence electrons. The van der Waals surface area contributed by atoms with Gasteiger partial charge in [-0.1, -0.05) is 35.9 Å². The molecule has 4 rings (SSSR count). The van der Waals surface area contributed by atoms with Crippen LogP contribution in [0.1, 0.15) is 33.9 Å². The first-order chi connectivity index (χ1) is 15.7. The smallest absolute Gasteiger partial charge is 0.377 e. The van der Waals surface area contributed by atoms with Crippen molar-refractivity contribution in [3.05, 3.63) is 94.5 Å². The van der Waals surface area contributed by atoms with Crippen molar-refractivity contribution in [2.45, 2.75) is 18.6 Å². The lowest BCUT2D eigenvalue weighted by Gasteiger charge is -2.26. The van der Waals surface area contributed by atoms with E-state index in [4.69, 9.17) is 17.4 Å². The summed E-state index contributed by atoms with van der Waals surface area (Å²) >= 11 is 5.87. The molecule has 5 N–H and O–H groups in total. The summed E-state index contributed by atoms with van der Waals surface area (Å²) in [4.78, 5) is 22.8. The lowest BCUT2D eigenvalue weighted by Crippen LogP contribution is -2.34. The number of nitrogens with two attached hydrogens (primary N) is 1. The largest absolute Gasteiger partial charge is 0.416 e. The zero-order chi connectivity index (χ0) is 24.0. The number of nitrogens with one attached hydrogen (secondary N) is 3. The molecule has 2 amide bonds. The van der Waals surface area contributed by atoms with Crippen molar-refractivity contribution in [2.75, 3.05) is 10.6 Å². The van der Waals surface area contributed by atoms with E-state index in [2.05, 4.69) is 10.6 Å². The number of ketones is 1. The number of hydrazine groups is 1. The molecule has 0 fully saturated rings. The van der Waals surface area contributed by atoms with E-state index in [0.717, 1.165) is 41.1 Å². The number of fused-ring (bicyclic) bond motifs is 1. The van der Waals surface area contributed by atoms with Crippen LogP contribution >= 0.6 is 11.6 Å². The van der Waals surface area contributed by atoms with Crippen LogP contribution in [0.3, 0.4) is 0 Å². The molecule has 3 aromatic rings. The number of alkyl halides is 3. The van der Waals surface area contributed by atoms with Crippen molar-refractivity contribution in [2.24, 2.45) is 5.84 Å². The van der Waals surface area contributed by atoms with Crippen molar-refractivity contribution < 1.29 is 22.8 Å². The van der Waals surface area contributed by atoms with Gasteiger partial charge >= 0.3 is 12.2 Å². The van der Waals surface area contributed by atoms with E-state index in [1.54, 1.807) is 5.43 Å². The van der Waals surface area contributed by atoms with Crippen LogP contribution in [-0.2, 0) is 6.18 Å². The van der Waals surface area contributed by atoms with E-state index in [-0.39, 0.29) is 17.5 Å². The monoisotopic (exact) mass is 476 g/mol. The van der Waals surface area contributed by atoms with Crippen molar-refractivity contribution in [3.63, 3.8) is 0 Å². The van der Waals surface area contributed by atoms with Gasteiger partial charge in [0.05, 0.1) is 11.6 Å². The number of urea groups is 1. The Hall–Kier alpha value is -3.56. The summed E-state index contributed by atoms with van der Waals surface area (Å²) in [6.45, 7) is 0. The SMILES string of the molecule is NNC(=O)Nc1ccc(C(F)(F)F)cc1.O=C1CC(c2ccc(Cl)cc2)Nc2ccccc21. The second-order valence-corrected chi connectivity index (χ2v) is 7.53. The Balaban J connectivity index is 0.000000190. The number of benzene rings is 3. The number of carbonyl (C=O) groups is 2. The Morgan fingerprint density at radius 2 is 1.64 bits per heavy atom. The van der Waals surface area contributed by atoms with Crippen molar-refractivity contribution in [1.82, 2.24) is 5.43 Å². The molecule has 1 heterocycles. The highest BCUT2D eigenvalue weighted by Crippen LogP contribution is 2.33. The molecule has 10 heteroatoms. The van der Waals surface area contributed by atoms with E-state index >= 15 is 0 Å². The van der Waals surface area contributed by atoms with E-state index in [1.165, 1.54) is 0 Å². The highest BCUT2D eigenvalue weighted by molar-refractivity contribution is 6.30. The van der Waals surface area contributed by atoms with Crippen LogP contribution in [0.2, 0.25) is 5.02 Å². The number of hydrogen-bond donors (Lipinski definition) is 4. The standard InChI is InChI=1S/C15H12ClNO.C8H8F3N3O/c16-11-7-5-10(6-8-11)14-9-15(18)12-3-1-2-4-13(12)17-14;9-8(10,11)5-1-3-6(4-2-5)13-7(15)14-12/h1-8,14,17H,9H2;1-4H,12H2,(H2,13,14,15). The van der Waals surface area contributed by atoms with Crippen LogP contribution in [0.4, 0.5) is 29.3 Å². The molecular weight excluding hydrogens is 457 g/mol.